The summed E-state index contributed by atoms with van der Waals surface area (Å²) in [7, 11) is 0. The van der Waals surface area contributed by atoms with E-state index in [1.165, 1.54) is 11.1 Å². The van der Waals surface area contributed by atoms with Crippen molar-refractivity contribution in [2.45, 2.75) is 88.2 Å². The van der Waals surface area contributed by atoms with Gasteiger partial charge in [0.05, 0.1) is 18.4 Å². The Kier molecular flexibility index (Phi) is 8.30. The van der Waals surface area contributed by atoms with Crippen molar-refractivity contribution < 1.29 is 29.2 Å². The van der Waals surface area contributed by atoms with E-state index in [1.54, 1.807) is 18.3 Å². The van der Waals surface area contributed by atoms with E-state index in [0.29, 0.717) is 43.6 Å². The average molecular weight is 647 g/mol. The van der Waals surface area contributed by atoms with Gasteiger partial charge in [-0.25, -0.2) is 4.79 Å². The van der Waals surface area contributed by atoms with Crippen molar-refractivity contribution in [3.05, 3.63) is 76.1 Å². The van der Waals surface area contributed by atoms with Crippen molar-refractivity contribution in [1.82, 2.24) is 4.98 Å². The second-order valence-electron chi connectivity index (χ2n) is 14.0. The van der Waals surface area contributed by atoms with Crippen LogP contribution in [0.1, 0.15) is 93.2 Å². The van der Waals surface area contributed by atoms with E-state index in [0.717, 1.165) is 72.7 Å². The molecule has 4 aliphatic rings. The van der Waals surface area contributed by atoms with Gasteiger partial charge in [0.1, 0.15) is 24.5 Å². The van der Waals surface area contributed by atoms with Crippen LogP contribution in [0.15, 0.2) is 48.7 Å². The number of pyridine rings is 1. The third kappa shape index (κ3) is 5.57. The van der Waals surface area contributed by atoms with Crippen molar-refractivity contribution in [2.24, 2.45) is 11.8 Å². The molecule has 4 atom stereocenters. The Labute approximate surface area is 275 Å². The number of aromatic nitrogens is 1. The first kappa shape index (κ1) is 31.1. The number of fused-ring (bicyclic) bond motifs is 4. The van der Waals surface area contributed by atoms with Gasteiger partial charge in [0, 0.05) is 22.5 Å². The van der Waals surface area contributed by atoms with Gasteiger partial charge in [-0.1, -0.05) is 31.5 Å². The fourth-order valence-electron chi connectivity index (χ4n) is 8.62. The summed E-state index contributed by atoms with van der Waals surface area (Å²) in [5, 5.41) is 25.0. The Morgan fingerprint density at radius 3 is 2.61 bits per heavy atom. The predicted molar refractivity (Wildman–Crippen MR) is 176 cm³/mol. The fourth-order valence-corrected chi connectivity index (χ4v) is 8.81. The lowest BCUT2D eigenvalue weighted by Crippen LogP contribution is -2.53. The topological polar surface area (TPSA) is 110 Å². The highest BCUT2D eigenvalue weighted by atomic mass is 35.5. The third-order valence-electron chi connectivity index (χ3n) is 11.0. The largest absolute Gasteiger partial charge is 0.493 e. The molecule has 9 heteroatoms. The van der Waals surface area contributed by atoms with Crippen molar-refractivity contribution >= 4 is 23.3 Å². The number of aliphatic carboxylic acids is 1. The fraction of sp³-hybridized carbons (Fsp3) is 0.514. The Bertz CT molecular complexity index is 1620. The summed E-state index contributed by atoms with van der Waals surface area (Å²) >= 11 is 6.25. The molecule has 7 rings (SSSR count). The van der Waals surface area contributed by atoms with Crippen molar-refractivity contribution in [3.8, 4) is 17.2 Å². The van der Waals surface area contributed by atoms with Gasteiger partial charge < -0.3 is 29.7 Å². The van der Waals surface area contributed by atoms with Gasteiger partial charge >= 0.3 is 5.97 Å². The Hall–Kier alpha value is -3.49. The van der Waals surface area contributed by atoms with E-state index in [1.807, 2.05) is 18.2 Å². The normalized spacial score (nSPS) is 28.7. The van der Waals surface area contributed by atoms with Crippen LogP contribution in [0.2, 0.25) is 5.02 Å². The monoisotopic (exact) mass is 646 g/mol. The Morgan fingerprint density at radius 2 is 1.87 bits per heavy atom. The van der Waals surface area contributed by atoms with Crippen molar-refractivity contribution in [2.75, 3.05) is 25.1 Å². The van der Waals surface area contributed by atoms with Crippen LogP contribution in [0.25, 0.3) is 0 Å². The zero-order valence-corrected chi connectivity index (χ0v) is 27.3. The van der Waals surface area contributed by atoms with Gasteiger partial charge in [0.15, 0.2) is 11.5 Å². The molecule has 0 amide bonds. The summed E-state index contributed by atoms with van der Waals surface area (Å²) in [6, 6.07) is 13.6. The van der Waals surface area contributed by atoms with Crippen LogP contribution in [-0.4, -0.2) is 46.5 Å². The third-order valence-corrected chi connectivity index (χ3v) is 11.3. The number of nitrogens with one attached hydrogen (secondary N) is 1. The molecule has 1 saturated carbocycles. The number of hydrogen-bond acceptors (Lipinski definition) is 7. The molecule has 1 aliphatic heterocycles. The number of halogens is 1. The van der Waals surface area contributed by atoms with Gasteiger partial charge in [-0.3, -0.25) is 4.98 Å². The first-order valence-corrected chi connectivity index (χ1v) is 17.0. The molecule has 3 N–H and O–H groups in total. The van der Waals surface area contributed by atoms with Crippen LogP contribution in [0.4, 0.5) is 5.69 Å². The molecule has 0 bridgehead atoms. The quantitative estimate of drug-likeness (QED) is 0.231. The minimum atomic E-state index is -1.08. The summed E-state index contributed by atoms with van der Waals surface area (Å²) in [4.78, 5) is 17.3. The summed E-state index contributed by atoms with van der Waals surface area (Å²) in [5.74, 6) is 2.43. The molecular weight excluding hydrogens is 604 g/mol. The molecular formula is C37H43ClN2O6. The highest BCUT2D eigenvalue weighted by Crippen LogP contribution is 2.58. The molecule has 3 aromatic rings. The Balaban J connectivity index is 1.14. The molecule has 0 unspecified atom stereocenters. The van der Waals surface area contributed by atoms with E-state index in [9.17, 15) is 15.0 Å². The van der Waals surface area contributed by atoms with Crippen LogP contribution < -0.4 is 19.5 Å². The van der Waals surface area contributed by atoms with Gasteiger partial charge in [-0.05, 0) is 122 Å². The standard InChI is InChI=1S/C37H43ClN2O6/c1-22(21-46-30-8-13-39-34-29(41)7-6-23(2)33(30)34)16-25-17-24-18-31-32(45-15-14-44-31)20-28(24)36(25)9-11-37(12-10-36,35(42)43)40-27-5-3-4-26(38)19-27/h3-5,8,13,18-20,22-23,25,29,40-41H,6-7,9-12,14-17,21H2,1-2H3,(H,42,43)/t22-,23-,25+,29-,36?,37?/m1/s1. The number of anilines is 1. The number of aliphatic hydroxyl groups excluding tert-OH is 1. The average Bonchev–Trinajstić information content (AvgIpc) is 3.32. The minimum absolute atomic E-state index is 0.178. The van der Waals surface area contributed by atoms with Crippen LogP contribution >= 0.6 is 11.6 Å². The zero-order valence-electron chi connectivity index (χ0n) is 26.6. The molecule has 1 spiro atoms. The number of ether oxygens (including phenoxy) is 3. The highest BCUT2D eigenvalue weighted by Gasteiger charge is 2.54. The second-order valence-corrected chi connectivity index (χ2v) is 14.4. The number of rotatable bonds is 8. The number of aliphatic hydroxyl groups is 1. The smallest absolute Gasteiger partial charge is 0.329 e. The lowest BCUT2D eigenvalue weighted by Gasteiger charge is -2.47. The van der Waals surface area contributed by atoms with Gasteiger partial charge in [0.25, 0.3) is 0 Å². The van der Waals surface area contributed by atoms with E-state index >= 15 is 0 Å². The maximum Gasteiger partial charge on any atom is 0.329 e. The van der Waals surface area contributed by atoms with Gasteiger partial charge in [-0.15, -0.1) is 0 Å². The summed E-state index contributed by atoms with van der Waals surface area (Å²) in [6.07, 6.45) is 7.15. The molecule has 2 heterocycles. The number of carboxylic acids is 1. The van der Waals surface area contributed by atoms with E-state index < -0.39 is 17.6 Å². The molecule has 8 nitrogen and oxygen atoms in total. The lowest BCUT2D eigenvalue weighted by atomic mass is 9.59. The molecule has 46 heavy (non-hydrogen) atoms. The molecule has 2 aromatic carbocycles. The molecule has 0 radical (unpaired) electrons. The molecule has 3 aliphatic carbocycles. The highest BCUT2D eigenvalue weighted by molar-refractivity contribution is 6.30. The zero-order chi connectivity index (χ0) is 32.1. The van der Waals surface area contributed by atoms with Crippen molar-refractivity contribution in [3.63, 3.8) is 0 Å². The van der Waals surface area contributed by atoms with Crippen LogP contribution in [0.5, 0.6) is 17.2 Å². The summed E-state index contributed by atoms with van der Waals surface area (Å²) in [6.45, 7) is 6.04. The van der Waals surface area contributed by atoms with Gasteiger partial charge in [-0.2, -0.15) is 0 Å². The summed E-state index contributed by atoms with van der Waals surface area (Å²) in [5.41, 5.74) is 3.81. The molecule has 1 fully saturated rings. The molecule has 244 valence electrons. The minimum Gasteiger partial charge on any atom is -0.493 e. The number of benzene rings is 2. The first-order chi connectivity index (χ1) is 22.2. The number of hydrogen-bond donors (Lipinski definition) is 3. The van der Waals surface area contributed by atoms with E-state index in [4.69, 9.17) is 25.8 Å². The van der Waals surface area contributed by atoms with Gasteiger partial charge in [0.2, 0.25) is 0 Å². The SMILES string of the molecule is C[C@@H](COc1ccnc2c1[C@H](C)CC[C@H]2O)C[C@H]1Cc2cc3c(cc2C12CCC(Nc1cccc(Cl)c1)(C(=O)O)CC2)OCCO3. The van der Waals surface area contributed by atoms with Crippen LogP contribution in [0.3, 0.4) is 0 Å². The molecule has 1 aromatic heterocycles. The Morgan fingerprint density at radius 1 is 1.11 bits per heavy atom. The second kappa shape index (κ2) is 12.3. The van der Waals surface area contributed by atoms with E-state index in [-0.39, 0.29) is 17.3 Å². The number of nitrogens with zero attached hydrogens (tertiary/aromatic N) is 1. The van der Waals surface area contributed by atoms with Crippen LogP contribution in [0, 0.1) is 11.8 Å². The number of carboxylic acid groups (broad SMARTS) is 1. The summed E-state index contributed by atoms with van der Waals surface area (Å²) < 4.78 is 18.5. The van der Waals surface area contributed by atoms with E-state index in [2.05, 4.69) is 36.3 Å². The maximum atomic E-state index is 12.9. The first-order valence-electron chi connectivity index (χ1n) is 16.7. The predicted octanol–water partition coefficient (Wildman–Crippen LogP) is 7.46. The van der Waals surface area contributed by atoms with Crippen LogP contribution in [-0.2, 0) is 16.6 Å². The lowest BCUT2D eigenvalue weighted by molar-refractivity contribution is -0.144. The van der Waals surface area contributed by atoms with Crippen molar-refractivity contribution in [1.29, 1.82) is 0 Å². The maximum absolute atomic E-state index is 12.9. The number of carbonyl (C=O) groups is 1. The molecule has 0 saturated heterocycles.